The second-order valence-corrected chi connectivity index (χ2v) is 8.53. The van der Waals surface area contributed by atoms with Crippen molar-refractivity contribution in [3.63, 3.8) is 0 Å². The monoisotopic (exact) mass is 502 g/mol. The van der Waals surface area contributed by atoms with Gasteiger partial charge in [-0.25, -0.2) is 0 Å². The van der Waals surface area contributed by atoms with E-state index in [1.165, 1.54) is 10.8 Å². The molecule has 144 valence electrons. The number of methoxy groups -OCH3 is 1. The van der Waals surface area contributed by atoms with Crippen molar-refractivity contribution < 1.29 is 9.84 Å². The van der Waals surface area contributed by atoms with Crippen molar-refractivity contribution in [2.24, 2.45) is 0 Å². The van der Waals surface area contributed by atoms with E-state index in [0.717, 1.165) is 31.4 Å². The third kappa shape index (κ3) is 3.90. The zero-order valence-corrected chi connectivity index (χ0v) is 18.5. The number of fused-ring (bicyclic) bond motifs is 3. The third-order valence-electron chi connectivity index (χ3n) is 4.79. The first kappa shape index (κ1) is 19.3. The zero-order valence-electron chi connectivity index (χ0n) is 15.3. The minimum Gasteiger partial charge on any atom is -0.497 e. The molecule has 0 aliphatic rings. The number of aromatic nitrogens is 1. The highest BCUT2D eigenvalue weighted by Crippen LogP contribution is 2.33. The van der Waals surface area contributed by atoms with Gasteiger partial charge in [-0.3, -0.25) is 0 Å². The molecule has 2 N–H and O–H groups in total. The minimum absolute atomic E-state index is 0.446. The van der Waals surface area contributed by atoms with Crippen LogP contribution in [0.1, 0.15) is 0 Å². The Kier molecular flexibility index (Phi) is 5.62. The molecule has 0 aliphatic carbocycles. The molecule has 0 saturated heterocycles. The van der Waals surface area contributed by atoms with Crippen LogP contribution in [-0.2, 0) is 6.54 Å². The summed E-state index contributed by atoms with van der Waals surface area (Å²) >= 11 is 7.14. The standard InChI is InChI=1S/C22H20Br2N2O2/c1-28-18-4-2-3-16(11-18)25-12-17(27)13-26-21-7-5-14(23)9-19(21)20-10-15(24)6-8-22(20)26/h2-11,17,25,27H,12-13H2,1H3/t17-/m1/s1. The number of ether oxygens (including phenoxy) is 1. The van der Waals surface area contributed by atoms with Crippen LogP contribution in [0.25, 0.3) is 21.8 Å². The molecule has 0 spiro atoms. The van der Waals surface area contributed by atoms with Gasteiger partial charge in [-0.2, -0.15) is 0 Å². The van der Waals surface area contributed by atoms with Crippen LogP contribution in [0.2, 0.25) is 0 Å². The van der Waals surface area contributed by atoms with Crippen molar-refractivity contribution in [1.82, 2.24) is 4.57 Å². The molecular formula is C22H20Br2N2O2. The molecule has 28 heavy (non-hydrogen) atoms. The average Bonchev–Trinajstić information content (AvgIpc) is 2.99. The molecule has 6 heteroatoms. The predicted octanol–water partition coefficient (Wildman–Crippen LogP) is 5.80. The van der Waals surface area contributed by atoms with Gasteiger partial charge in [0, 0.05) is 49.0 Å². The highest BCUT2D eigenvalue weighted by atomic mass is 79.9. The van der Waals surface area contributed by atoms with E-state index in [-0.39, 0.29) is 0 Å². The molecule has 0 amide bonds. The molecule has 0 saturated carbocycles. The van der Waals surface area contributed by atoms with Crippen LogP contribution in [0.5, 0.6) is 5.75 Å². The van der Waals surface area contributed by atoms with Gasteiger partial charge in [-0.15, -0.1) is 0 Å². The number of aliphatic hydroxyl groups excluding tert-OH is 1. The summed E-state index contributed by atoms with van der Waals surface area (Å²) in [6.45, 7) is 0.946. The van der Waals surface area contributed by atoms with Crippen LogP contribution in [0.15, 0.2) is 69.6 Å². The average molecular weight is 504 g/mol. The van der Waals surface area contributed by atoms with Crippen LogP contribution in [-0.4, -0.2) is 29.4 Å². The lowest BCUT2D eigenvalue weighted by molar-refractivity contribution is 0.169. The lowest BCUT2D eigenvalue weighted by Gasteiger charge is -2.16. The number of hydrogen-bond donors (Lipinski definition) is 2. The summed E-state index contributed by atoms with van der Waals surface area (Å²) < 4.78 is 9.51. The number of benzene rings is 3. The van der Waals surface area contributed by atoms with Crippen molar-refractivity contribution in [3.8, 4) is 5.75 Å². The number of hydrogen-bond acceptors (Lipinski definition) is 3. The Bertz CT molecular complexity index is 1080. The van der Waals surface area contributed by atoms with Gasteiger partial charge in [0.1, 0.15) is 5.75 Å². The van der Waals surface area contributed by atoms with Crippen molar-refractivity contribution in [3.05, 3.63) is 69.6 Å². The molecule has 0 aliphatic heterocycles. The van der Waals surface area contributed by atoms with Gasteiger partial charge in [0.25, 0.3) is 0 Å². The Balaban J connectivity index is 1.61. The van der Waals surface area contributed by atoms with Crippen LogP contribution in [0, 0.1) is 0 Å². The molecular weight excluding hydrogens is 484 g/mol. The number of aliphatic hydroxyl groups is 1. The Labute approximate surface area is 180 Å². The zero-order chi connectivity index (χ0) is 19.7. The molecule has 1 atom stereocenters. The lowest BCUT2D eigenvalue weighted by Crippen LogP contribution is -2.24. The predicted molar refractivity (Wildman–Crippen MR) is 122 cm³/mol. The number of nitrogens with one attached hydrogen (secondary N) is 1. The molecule has 3 aromatic carbocycles. The van der Waals surface area contributed by atoms with E-state index in [1.807, 2.05) is 36.4 Å². The van der Waals surface area contributed by atoms with Crippen LogP contribution >= 0.6 is 31.9 Å². The topological polar surface area (TPSA) is 46.4 Å². The van der Waals surface area contributed by atoms with Crippen molar-refractivity contribution in [1.29, 1.82) is 0 Å². The van der Waals surface area contributed by atoms with Gasteiger partial charge in [0.05, 0.1) is 19.8 Å². The summed E-state index contributed by atoms with van der Waals surface area (Å²) in [6.07, 6.45) is -0.544. The van der Waals surface area contributed by atoms with Gasteiger partial charge in [0.15, 0.2) is 0 Å². The number of rotatable bonds is 6. The van der Waals surface area contributed by atoms with Crippen LogP contribution in [0.4, 0.5) is 5.69 Å². The Morgan fingerprint density at radius 3 is 2.21 bits per heavy atom. The van der Waals surface area contributed by atoms with E-state index in [4.69, 9.17) is 4.74 Å². The molecule has 1 heterocycles. The molecule has 1 aromatic heterocycles. The molecule has 0 bridgehead atoms. The van der Waals surface area contributed by atoms with Crippen molar-refractivity contribution >= 4 is 59.4 Å². The first-order chi connectivity index (χ1) is 13.5. The maximum Gasteiger partial charge on any atom is 0.120 e. The van der Waals surface area contributed by atoms with E-state index in [1.54, 1.807) is 7.11 Å². The van der Waals surface area contributed by atoms with E-state index < -0.39 is 6.10 Å². The van der Waals surface area contributed by atoms with Crippen molar-refractivity contribution in [2.75, 3.05) is 19.0 Å². The molecule has 0 fully saturated rings. The highest BCUT2D eigenvalue weighted by molar-refractivity contribution is 9.10. The Hall–Kier alpha value is -2.02. The summed E-state index contributed by atoms with van der Waals surface area (Å²) in [6, 6.07) is 20.2. The molecule has 4 aromatic rings. The maximum absolute atomic E-state index is 10.7. The fourth-order valence-electron chi connectivity index (χ4n) is 3.49. The highest BCUT2D eigenvalue weighted by Gasteiger charge is 2.14. The fraction of sp³-hybridized carbons (Fsp3) is 0.182. The van der Waals surface area contributed by atoms with Gasteiger partial charge in [0.2, 0.25) is 0 Å². The van der Waals surface area contributed by atoms with Gasteiger partial charge < -0.3 is 19.7 Å². The van der Waals surface area contributed by atoms with Gasteiger partial charge in [-0.05, 0) is 48.5 Å². The van der Waals surface area contributed by atoms with Gasteiger partial charge in [-0.1, -0.05) is 37.9 Å². The van der Waals surface area contributed by atoms with Crippen LogP contribution in [0.3, 0.4) is 0 Å². The lowest BCUT2D eigenvalue weighted by atomic mass is 10.2. The van der Waals surface area contributed by atoms with E-state index in [2.05, 4.69) is 66.0 Å². The van der Waals surface area contributed by atoms with E-state index in [9.17, 15) is 5.11 Å². The molecule has 4 rings (SSSR count). The molecule has 4 nitrogen and oxygen atoms in total. The summed E-state index contributed by atoms with van der Waals surface area (Å²) in [5.74, 6) is 0.790. The fourth-order valence-corrected chi connectivity index (χ4v) is 4.21. The second kappa shape index (κ2) is 8.15. The van der Waals surface area contributed by atoms with Crippen LogP contribution < -0.4 is 10.1 Å². The van der Waals surface area contributed by atoms with Crippen molar-refractivity contribution in [2.45, 2.75) is 12.6 Å². The normalized spacial score (nSPS) is 12.4. The number of halogens is 2. The molecule has 0 unspecified atom stereocenters. The quantitative estimate of drug-likeness (QED) is 0.349. The number of nitrogens with zero attached hydrogens (tertiary/aromatic N) is 1. The largest absolute Gasteiger partial charge is 0.497 e. The first-order valence-electron chi connectivity index (χ1n) is 8.98. The van der Waals surface area contributed by atoms with E-state index >= 15 is 0 Å². The smallest absolute Gasteiger partial charge is 0.120 e. The Morgan fingerprint density at radius 2 is 1.61 bits per heavy atom. The summed E-state index contributed by atoms with van der Waals surface area (Å²) in [7, 11) is 1.65. The molecule has 0 radical (unpaired) electrons. The van der Waals surface area contributed by atoms with Gasteiger partial charge >= 0.3 is 0 Å². The minimum atomic E-state index is -0.544. The second-order valence-electron chi connectivity index (χ2n) is 6.70. The Morgan fingerprint density at radius 1 is 0.964 bits per heavy atom. The van der Waals surface area contributed by atoms with E-state index in [0.29, 0.717) is 13.1 Å². The number of anilines is 1. The first-order valence-corrected chi connectivity index (χ1v) is 10.6. The maximum atomic E-state index is 10.7. The summed E-state index contributed by atoms with van der Waals surface area (Å²) in [5, 5.41) is 16.3. The summed E-state index contributed by atoms with van der Waals surface area (Å²) in [4.78, 5) is 0. The summed E-state index contributed by atoms with van der Waals surface area (Å²) in [5.41, 5.74) is 3.14. The third-order valence-corrected chi connectivity index (χ3v) is 5.78. The SMILES string of the molecule is COc1cccc(NC[C@@H](O)Cn2c3ccc(Br)cc3c3cc(Br)ccc32)c1.